The van der Waals surface area contributed by atoms with Crippen LogP contribution in [-0.2, 0) is 6.54 Å². The van der Waals surface area contributed by atoms with Crippen LogP contribution in [0.1, 0.15) is 51.9 Å². The van der Waals surface area contributed by atoms with Gasteiger partial charge in [-0.3, -0.25) is 0 Å². The Morgan fingerprint density at radius 1 is 1.18 bits per heavy atom. The van der Waals surface area contributed by atoms with Gasteiger partial charge in [0.25, 0.3) is 0 Å². The molecule has 0 spiro atoms. The summed E-state index contributed by atoms with van der Waals surface area (Å²) in [5.74, 6) is 0.322. The summed E-state index contributed by atoms with van der Waals surface area (Å²) in [4.78, 5) is 13.0. The van der Waals surface area contributed by atoms with Crippen molar-refractivity contribution in [1.29, 1.82) is 0 Å². The second-order valence-corrected chi connectivity index (χ2v) is 8.63. The maximum Gasteiger partial charge on any atom is 0.391 e. The molecule has 2 aliphatic carbocycles. The van der Waals surface area contributed by atoms with Crippen LogP contribution >= 0.6 is 11.6 Å². The van der Waals surface area contributed by atoms with Gasteiger partial charge in [0.1, 0.15) is 5.52 Å². The molecule has 2 aliphatic rings. The summed E-state index contributed by atoms with van der Waals surface area (Å²) in [6.07, 6.45) is 2.83. The summed E-state index contributed by atoms with van der Waals surface area (Å²) in [6.45, 7) is 2.77. The van der Waals surface area contributed by atoms with E-state index in [4.69, 9.17) is 11.6 Å². The number of hydrogen-bond donors (Lipinski definition) is 1. The van der Waals surface area contributed by atoms with Gasteiger partial charge in [0.2, 0.25) is 5.28 Å². The summed E-state index contributed by atoms with van der Waals surface area (Å²) in [7, 11) is 0. The quantitative estimate of drug-likeness (QED) is 0.660. The molecular formula is C19H25ClF3N5. The molecule has 0 bridgehead atoms. The minimum Gasteiger partial charge on any atom is -0.365 e. The first kappa shape index (κ1) is 19.7. The van der Waals surface area contributed by atoms with Gasteiger partial charge in [-0.25, -0.2) is 4.98 Å². The summed E-state index contributed by atoms with van der Waals surface area (Å²) < 4.78 is 40.7. The highest BCUT2D eigenvalue weighted by atomic mass is 35.5. The van der Waals surface area contributed by atoms with Gasteiger partial charge in [-0.1, -0.05) is 6.42 Å². The molecule has 5 nitrogen and oxygen atoms in total. The van der Waals surface area contributed by atoms with E-state index in [1.54, 1.807) is 6.33 Å². The van der Waals surface area contributed by atoms with Gasteiger partial charge < -0.3 is 9.88 Å². The van der Waals surface area contributed by atoms with Gasteiger partial charge in [-0.05, 0) is 68.9 Å². The fraction of sp³-hybridized carbons (Fsp3) is 0.737. The lowest BCUT2D eigenvalue weighted by atomic mass is 9.80. The normalized spacial score (nSPS) is 24.9. The van der Waals surface area contributed by atoms with E-state index in [0.717, 1.165) is 5.52 Å². The number of nitrogens with zero attached hydrogens (tertiary/aromatic N) is 4. The van der Waals surface area contributed by atoms with Crippen LogP contribution in [0.4, 0.5) is 19.0 Å². The van der Waals surface area contributed by atoms with Crippen molar-refractivity contribution in [2.75, 3.05) is 5.32 Å². The molecule has 0 radical (unpaired) electrons. The third-order valence-electron chi connectivity index (χ3n) is 6.43. The monoisotopic (exact) mass is 415 g/mol. The van der Waals surface area contributed by atoms with E-state index in [-0.39, 0.29) is 30.1 Å². The van der Waals surface area contributed by atoms with E-state index in [0.29, 0.717) is 36.8 Å². The predicted molar refractivity (Wildman–Crippen MR) is 102 cm³/mol. The molecule has 0 aliphatic heterocycles. The largest absolute Gasteiger partial charge is 0.391 e. The Kier molecular flexibility index (Phi) is 5.42. The van der Waals surface area contributed by atoms with Gasteiger partial charge >= 0.3 is 6.18 Å². The Bertz CT molecular complexity index is 825. The van der Waals surface area contributed by atoms with Crippen molar-refractivity contribution in [1.82, 2.24) is 19.5 Å². The lowest BCUT2D eigenvalue weighted by molar-refractivity contribution is -0.184. The summed E-state index contributed by atoms with van der Waals surface area (Å²) in [5.41, 5.74) is 1.31. The van der Waals surface area contributed by atoms with Crippen molar-refractivity contribution < 1.29 is 13.2 Å². The fourth-order valence-corrected chi connectivity index (χ4v) is 4.58. The van der Waals surface area contributed by atoms with Crippen LogP contribution in [0.5, 0.6) is 0 Å². The predicted octanol–water partition coefficient (Wildman–Crippen LogP) is 5.45. The molecule has 2 saturated carbocycles. The maximum absolute atomic E-state index is 12.9. The third kappa shape index (κ3) is 4.07. The zero-order chi connectivity index (χ0) is 19.9. The van der Waals surface area contributed by atoms with Crippen LogP contribution in [0.3, 0.4) is 0 Å². The first-order valence-corrected chi connectivity index (χ1v) is 10.4. The van der Waals surface area contributed by atoms with E-state index in [1.165, 1.54) is 19.3 Å². The minimum absolute atomic E-state index is 0.145. The molecule has 154 valence electrons. The molecule has 0 amide bonds. The molecule has 0 aromatic carbocycles. The van der Waals surface area contributed by atoms with Gasteiger partial charge in [0.05, 0.1) is 12.2 Å². The molecule has 0 saturated heterocycles. The second-order valence-electron chi connectivity index (χ2n) is 8.29. The van der Waals surface area contributed by atoms with Crippen molar-refractivity contribution in [3.05, 3.63) is 11.6 Å². The number of fused-ring (bicyclic) bond motifs is 1. The van der Waals surface area contributed by atoms with Gasteiger partial charge in [0, 0.05) is 12.6 Å². The lowest BCUT2D eigenvalue weighted by Crippen LogP contribution is -2.31. The maximum atomic E-state index is 12.9. The fourth-order valence-electron chi connectivity index (χ4n) is 4.42. The Labute approximate surface area is 167 Å². The van der Waals surface area contributed by atoms with Gasteiger partial charge in [-0.15, -0.1) is 0 Å². The summed E-state index contributed by atoms with van der Waals surface area (Å²) in [6, 6.07) is 0.272. The van der Waals surface area contributed by atoms with E-state index < -0.39 is 12.1 Å². The molecule has 2 fully saturated rings. The zero-order valence-electron chi connectivity index (χ0n) is 15.8. The van der Waals surface area contributed by atoms with Crippen LogP contribution in [-0.4, -0.2) is 31.7 Å². The lowest BCUT2D eigenvalue weighted by Gasteiger charge is -2.32. The first-order chi connectivity index (χ1) is 13.3. The van der Waals surface area contributed by atoms with Crippen molar-refractivity contribution in [3.8, 4) is 0 Å². The standard InChI is InChI=1S/C19H25ClF3N5/c1-11(13-3-2-4-13)25-17-15-16(26-18(20)27-17)24-10-28(15)9-12-5-7-14(8-6-12)19(21,22)23/h10-14H,2-9H2,1H3,(H,25,26,27)/t11-,12-,14-/m1/s1. The number of aromatic nitrogens is 4. The molecule has 4 rings (SSSR count). The summed E-state index contributed by atoms with van der Waals surface area (Å²) >= 11 is 6.08. The van der Waals surface area contributed by atoms with Crippen LogP contribution in [0, 0.1) is 17.8 Å². The Balaban J connectivity index is 1.51. The smallest absolute Gasteiger partial charge is 0.365 e. The SMILES string of the molecule is C[C@@H](Nc1nc(Cl)nc2ncn(C[C@H]3CC[C@H](C(F)(F)F)CC3)c12)C1CCC1. The van der Waals surface area contributed by atoms with Crippen LogP contribution in [0.25, 0.3) is 11.2 Å². The summed E-state index contributed by atoms with van der Waals surface area (Å²) in [5, 5.41) is 3.62. The van der Waals surface area contributed by atoms with E-state index in [9.17, 15) is 13.2 Å². The van der Waals surface area contributed by atoms with Gasteiger partial charge in [-0.2, -0.15) is 23.1 Å². The molecular weight excluding hydrogens is 391 g/mol. The number of alkyl halides is 3. The number of halogens is 4. The second kappa shape index (κ2) is 7.69. The molecule has 1 atom stereocenters. The average Bonchev–Trinajstić information content (AvgIpc) is 2.95. The van der Waals surface area contributed by atoms with Crippen LogP contribution in [0.15, 0.2) is 6.33 Å². The third-order valence-corrected chi connectivity index (χ3v) is 6.60. The van der Waals surface area contributed by atoms with E-state index in [2.05, 4.69) is 27.2 Å². The van der Waals surface area contributed by atoms with Crippen LogP contribution in [0.2, 0.25) is 5.28 Å². The first-order valence-electron chi connectivity index (χ1n) is 10.0. The molecule has 0 unspecified atom stereocenters. The average molecular weight is 416 g/mol. The molecule has 9 heteroatoms. The van der Waals surface area contributed by atoms with E-state index in [1.807, 2.05) is 4.57 Å². The Morgan fingerprint density at radius 3 is 2.50 bits per heavy atom. The number of imidazole rings is 1. The molecule has 2 heterocycles. The van der Waals surface area contributed by atoms with E-state index >= 15 is 0 Å². The van der Waals surface area contributed by atoms with Crippen molar-refractivity contribution in [3.63, 3.8) is 0 Å². The highest BCUT2D eigenvalue weighted by Crippen LogP contribution is 2.40. The minimum atomic E-state index is -4.08. The molecule has 28 heavy (non-hydrogen) atoms. The van der Waals surface area contributed by atoms with Crippen molar-refractivity contribution in [2.24, 2.45) is 17.8 Å². The molecule has 2 aromatic heterocycles. The number of rotatable bonds is 5. The van der Waals surface area contributed by atoms with Crippen molar-refractivity contribution >= 4 is 28.6 Å². The Morgan fingerprint density at radius 2 is 1.89 bits per heavy atom. The number of nitrogens with one attached hydrogen (secondary N) is 1. The topological polar surface area (TPSA) is 55.6 Å². The molecule has 2 aromatic rings. The zero-order valence-corrected chi connectivity index (χ0v) is 16.6. The highest BCUT2D eigenvalue weighted by Gasteiger charge is 2.41. The number of anilines is 1. The van der Waals surface area contributed by atoms with Gasteiger partial charge in [0.15, 0.2) is 11.5 Å². The van der Waals surface area contributed by atoms with Crippen LogP contribution < -0.4 is 5.32 Å². The molecule has 1 N–H and O–H groups in total. The van der Waals surface area contributed by atoms with Crippen molar-refractivity contribution in [2.45, 2.75) is 70.6 Å². The highest BCUT2D eigenvalue weighted by molar-refractivity contribution is 6.28. The number of hydrogen-bond acceptors (Lipinski definition) is 4. The Hall–Kier alpha value is -1.57.